The maximum atomic E-state index is 13.1. The van der Waals surface area contributed by atoms with Gasteiger partial charge in [0.15, 0.2) is 0 Å². The van der Waals surface area contributed by atoms with E-state index in [0.29, 0.717) is 5.69 Å². The third-order valence-electron chi connectivity index (χ3n) is 1.93. The van der Waals surface area contributed by atoms with Crippen LogP contribution in [0.15, 0.2) is 18.2 Å². The molecule has 1 atom stereocenters. The van der Waals surface area contributed by atoms with Crippen LogP contribution >= 0.6 is 11.6 Å². The minimum absolute atomic E-state index is 0.0953. The Kier molecular flexibility index (Phi) is 4.67. The zero-order chi connectivity index (χ0) is 12.1. The van der Waals surface area contributed by atoms with Crippen molar-refractivity contribution in [2.75, 3.05) is 18.5 Å². The molecule has 0 radical (unpaired) electrons. The van der Waals surface area contributed by atoms with Crippen molar-refractivity contribution in [1.29, 1.82) is 0 Å². The van der Waals surface area contributed by atoms with Crippen molar-refractivity contribution in [3.63, 3.8) is 0 Å². The third-order valence-corrected chi connectivity index (χ3v) is 2.13. The first-order valence-electron chi connectivity index (χ1n) is 4.56. The summed E-state index contributed by atoms with van der Waals surface area (Å²) >= 11 is 5.17. The molecule has 1 aromatic rings. The summed E-state index contributed by atoms with van der Waals surface area (Å²) < 4.78 is 13.1. The molecule has 0 amide bonds. The molecular formula is C10H11ClFNO3. The standard InChI is InChI=1S/C10H11ClFNO3/c11-10(16)8-3-6(1-2-9(8)12)13-4-7(15)5-14/h1-3,7,13-15H,4-5H2. The van der Waals surface area contributed by atoms with E-state index < -0.39 is 17.2 Å². The number of aliphatic hydroxyl groups excluding tert-OH is 2. The molecule has 16 heavy (non-hydrogen) atoms. The third kappa shape index (κ3) is 3.44. The van der Waals surface area contributed by atoms with Crippen LogP contribution in [-0.4, -0.2) is 34.7 Å². The topological polar surface area (TPSA) is 69.6 Å². The summed E-state index contributed by atoms with van der Waals surface area (Å²) in [6, 6.07) is 3.75. The fraction of sp³-hybridized carbons (Fsp3) is 0.300. The van der Waals surface area contributed by atoms with Crippen molar-refractivity contribution >= 4 is 22.5 Å². The highest BCUT2D eigenvalue weighted by Gasteiger charge is 2.10. The highest BCUT2D eigenvalue weighted by atomic mass is 35.5. The smallest absolute Gasteiger partial charge is 0.255 e. The van der Waals surface area contributed by atoms with Crippen molar-refractivity contribution in [3.8, 4) is 0 Å². The SMILES string of the molecule is O=C(Cl)c1cc(NCC(O)CO)ccc1F. The van der Waals surface area contributed by atoms with Gasteiger partial charge in [-0.05, 0) is 29.8 Å². The summed E-state index contributed by atoms with van der Waals surface area (Å²) in [5, 5.41) is 19.5. The van der Waals surface area contributed by atoms with Gasteiger partial charge in [0.25, 0.3) is 5.24 Å². The lowest BCUT2D eigenvalue weighted by Crippen LogP contribution is -2.23. The van der Waals surface area contributed by atoms with Crippen LogP contribution in [0, 0.1) is 5.82 Å². The molecule has 0 saturated carbocycles. The predicted octanol–water partition coefficient (Wildman–Crippen LogP) is 0.970. The van der Waals surface area contributed by atoms with Gasteiger partial charge in [0.05, 0.1) is 18.3 Å². The number of halogens is 2. The molecule has 0 aromatic heterocycles. The number of anilines is 1. The summed E-state index contributed by atoms with van der Waals surface area (Å²) in [4.78, 5) is 10.8. The summed E-state index contributed by atoms with van der Waals surface area (Å²) in [5.74, 6) is -0.701. The molecule has 0 heterocycles. The molecule has 0 spiro atoms. The molecule has 0 aliphatic rings. The van der Waals surface area contributed by atoms with Gasteiger partial charge in [0, 0.05) is 12.2 Å². The second kappa shape index (κ2) is 5.79. The van der Waals surface area contributed by atoms with Crippen LogP contribution in [0.3, 0.4) is 0 Å². The molecule has 1 rings (SSSR count). The molecule has 1 aromatic carbocycles. The molecule has 0 saturated heterocycles. The number of hydrogen-bond acceptors (Lipinski definition) is 4. The maximum Gasteiger partial charge on any atom is 0.255 e. The largest absolute Gasteiger partial charge is 0.394 e. The van der Waals surface area contributed by atoms with Gasteiger partial charge in [-0.1, -0.05) is 0 Å². The lowest BCUT2D eigenvalue weighted by molar-refractivity contribution is 0.105. The van der Waals surface area contributed by atoms with Crippen LogP contribution in [0.5, 0.6) is 0 Å². The van der Waals surface area contributed by atoms with E-state index in [9.17, 15) is 9.18 Å². The van der Waals surface area contributed by atoms with Crippen LogP contribution in [0.4, 0.5) is 10.1 Å². The first-order valence-corrected chi connectivity index (χ1v) is 4.94. The number of hydrogen-bond donors (Lipinski definition) is 3. The lowest BCUT2D eigenvalue weighted by atomic mass is 10.2. The minimum Gasteiger partial charge on any atom is -0.394 e. The van der Waals surface area contributed by atoms with E-state index in [-0.39, 0.29) is 18.7 Å². The van der Waals surface area contributed by atoms with Crippen LogP contribution in [-0.2, 0) is 0 Å². The fourth-order valence-corrected chi connectivity index (χ4v) is 1.23. The van der Waals surface area contributed by atoms with Crippen LogP contribution < -0.4 is 5.32 Å². The monoisotopic (exact) mass is 247 g/mol. The molecule has 88 valence electrons. The Morgan fingerprint density at radius 1 is 1.56 bits per heavy atom. The van der Waals surface area contributed by atoms with Crippen LogP contribution in [0.1, 0.15) is 10.4 Å². The Hall–Kier alpha value is -1.17. The van der Waals surface area contributed by atoms with Crippen molar-refractivity contribution in [2.45, 2.75) is 6.10 Å². The van der Waals surface area contributed by atoms with Gasteiger partial charge in [-0.3, -0.25) is 4.79 Å². The number of benzene rings is 1. The fourth-order valence-electron chi connectivity index (χ4n) is 1.09. The van der Waals surface area contributed by atoms with Gasteiger partial charge >= 0.3 is 0 Å². The second-order valence-electron chi connectivity index (χ2n) is 3.19. The first-order chi connectivity index (χ1) is 7.54. The Morgan fingerprint density at radius 2 is 2.25 bits per heavy atom. The van der Waals surface area contributed by atoms with Gasteiger partial charge in [-0.15, -0.1) is 0 Å². The van der Waals surface area contributed by atoms with Gasteiger partial charge in [0.2, 0.25) is 0 Å². The molecule has 0 aliphatic carbocycles. The zero-order valence-electron chi connectivity index (χ0n) is 8.28. The highest BCUT2D eigenvalue weighted by molar-refractivity contribution is 6.67. The van der Waals surface area contributed by atoms with E-state index in [4.69, 9.17) is 21.8 Å². The number of aliphatic hydroxyl groups is 2. The summed E-state index contributed by atoms with van der Waals surface area (Å²) in [7, 11) is 0. The highest BCUT2D eigenvalue weighted by Crippen LogP contribution is 2.16. The number of carbonyl (C=O) groups excluding carboxylic acids is 1. The number of rotatable bonds is 5. The van der Waals surface area contributed by atoms with E-state index in [1.807, 2.05) is 0 Å². The van der Waals surface area contributed by atoms with Crippen molar-refractivity contribution < 1.29 is 19.4 Å². The normalized spacial score (nSPS) is 12.2. The van der Waals surface area contributed by atoms with E-state index in [2.05, 4.69) is 5.32 Å². The summed E-state index contributed by atoms with van der Waals surface area (Å²) in [6.07, 6.45) is -0.916. The molecule has 0 aliphatic heterocycles. The average molecular weight is 248 g/mol. The molecule has 0 bridgehead atoms. The number of nitrogens with one attached hydrogen (secondary N) is 1. The Labute approximate surface area is 96.7 Å². The van der Waals surface area contributed by atoms with Crippen LogP contribution in [0.25, 0.3) is 0 Å². The Bertz CT molecular complexity index is 386. The van der Waals surface area contributed by atoms with E-state index in [0.717, 1.165) is 6.07 Å². The maximum absolute atomic E-state index is 13.1. The molecule has 3 N–H and O–H groups in total. The van der Waals surface area contributed by atoms with Crippen molar-refractivity contribution in [2.24, 2.45) is 0 Å². The minimum atomic E-state index is -0.916. The molecule has 0 fully saturated rings. The zero-order valence-corrected chi connectivity index (χ0v) is 9.04. The quantitative estimate of drug-likeness (QED) is 0.678. The first kappa shape index (κ1) is 12.9. The number of carbonyl (C=O) groups is 1. The predicted molar refractivity (Wildman–Crippen MR) is 58.2 cm³/mol. The Morgan fingerprint density at radius 3 is 2.81 bits per heavy atom. The molecule has 4 nitrogen and oxygen atoms in total. The molecular weight excluding hydrogens is 237 g/mol. The van der Waals surface area contributed by atoms with Gasteiger partial charge in [-0.25, -0.2) is 4.39 Å². The second-order valence-corrected chi connectivity index (χ2v) is 3.53. The van der Waals surface area contributed by atoms with E-state index in [1.165, 1.54) is 12.1 Å². The molecule has 1 unspecified atom stereocenters. The lowest BCUT2D eigenvalue weighted by Gasteiger charge is -2.10. The van der Waals surface area contributed by atoms with Gasteiger partial charge in [-0.2, -0.15) is 0 Å². The van der Waals surface area contributed by atoms with Gasteiger partial charge < -0.3 is 15.5 Å². The van der Waals surface area contributed by atoms with E-state index >= 15 is 0 Å². The average Bonchev–Trinajstić information content (AvgIpc) is 2.27. The summed E-state index contributed by atoms with van der Waals surface area (Å²) in [6.45, 7) is -0.284. The van der Waals surface area contributed by atoms with Crippen molar-refractivity contribution in [3.05, 3.63) is 29.6 Å². The Balaban J connectivity index is 2.75. The molecule has 6 heteroatoms. The van der Waals surface area contributed by atoms with Gasteiger partial charge in [0.1, 0.15) is 5.82 Å². The van der Waals surface area contributed by atoms with Crippen LogP contribution in [0.2, 0.25) is 0 Å². The summed E-state index contributed by atoms with van der Waals surface area (Å²) in [5.41, 5.74) is 0.211. The van der Waals surface area contributed by atoms with E-state index in [1.54, 1.807) is 0 Å². The van der Waals surface area contributed by atoms with Crippen molar-refractivity contribution in [1.82, 2.24) is 0 Å².